The second kappa shape index (κ2) is 2.88. The zero-order chi connectivity index (χ0) is 11.8. The lowest BCUT2D eigenvalue weighted by molar-refractivity contribution is 0.101. The highest BCUT2D eigenvalue weighted by Crippen LogP contribution is 2.02. The third kappa shape index (κ3) is 1.60. The summed E-state index contributed by atoms with van der Waals surface area (Å²) in [7, 11) is 0. The predicted molar refractivity (Wildman–Crippen MR) is 39.7 cm³/mol. The molecule has 0 aliphatic rings. The van der Waals surface area contributed by atoms with Gasteiger partial charge in [-0.25, -0.2) is 9.97 Å². The summed E-state index contributed by atoms with van der Waals surface area (Å²) in [4.78, 5) is 18.1. The van der Waals surface area contributed by atoms with E-state index in [4.69, 9.17) is 6.85 Å². The molecule has 0 amide bonds. The van der Waals surface area contributed by atoms with Crippen molar-refractivity contribution in [2.24, 2.45) is 0 Å². The number of ketones is 1. The number of hydrogen-bond acceptors (Lipinski definition) is 3. The fourth-order valence-corrected chi connectivity index (χ4v) is 0.533. The zero-order valence-corrected chi connectivity index (χ0v) is 6.27. The fourth-order valence-electron chi connectivity index (χ4n) is 0.356. The van der Waals surface area contributed by atoms with Crippen molar-refractivity contribution < 1.29 is 11.6 Å². The third-order valence-electron chi connectivity index (χ3n) is 0.735. The summed E-state index contributed by atoms with van der Waals surface area (Å²) in [5.74, 6) is -1.28. The summed E-state index contributed by atoms with van der Waals surface area (Å²) in [5, 5.41) is 0. The minimum absolute atomic E-state index is 0.00501. The van der Waals surface area contributed by atoms with E-state index in [2.05, 4.69) is 25.9 Å². The Balaban J connectivity index is 3.28. The molecule has 0 N–H and O–H groups in total. The van der Waals surface area contributed by atoms with Gasteiger partial charge in [-0.05, 0) is 15.9 Å². The standard InChI is InChI=1S/C6H5BrN2O/c1-4(10)5-2-9-6(7)3-8-5/h2-3H,1H3/i1D3,2D,3D. The van der Waals surface area contributed by atoms with E-state index in [0.29, 0.717) is 0 Å². The third-order valence-corrected chi connectivity index (χ3v) is 1.09. The molecule has 0 unspecified atom stereocenters. The number of carbonyl (C=O) groups excluding carboxylic acids is 1. The van der Waals surface area contributed by atoms with Crippen LogP contribution in [0.5, 0.6) is 0 Å². The molecule has 0 fully saturated rings. The lowest BCUT2D eigenvalue weighted by Crippen LogP contribution is -1.96. The molecule has 10 heavy (non-hydrogen) atoms. The summed E-state index contributed by atoms with van der Waals surface area (Å²) < 4.78 is 35.0. The first-order valence-corrected chi connectivity index (χ1v) is 3.08. The molecule has 52 valence electrons. The molecule has 3 nitrogen and oxygen atoms in total. The summed E-state index contributed by atoms with van der Waals surface area (Å²) in [6, 6.07) is 0. The first-order chi connectivity index (χ1) is 6.73. The Labute approximate surface area is 73.7 Å². The molecule has 0 bridgehead atoms. The van der Waals surface area contributed by atoms with Gasteiger partial charge in [0, 0.05) is 11.0 Å². The second-order valence-electron chi connectivity index (χ2n) is 1.42. The predicted octanol–water partition coefficient (Wildman–Crippen LogP) is 1.44. The molecule has 1 rings (SSSR count). The Morgan fingerprint density at radius 2 is 2.60 bits per heavy atom. The van der Waals surface area contributed by atoms with Gasteiger partial charge in [0.05, 0.1) is 15.1 Å². The number of aromatic nitrogens is 2. The van der Waals surface area contributed by atoms with Gasteiger partial charge in [-0.1, -0.05) is 0 Å². The van der Waals surface area contributed by atoms with Gasteiger partial charge in [-0.3, -0.25) is 4.79 Å². The van der Waals surface area contributed by atoms with Crippen molar-refractivity contribution in [1.82, 2.24) is 9.97 Å². The van der Waals surface area contributed by atoms with Gasteiger partial charge in [0.1, 0.15) is 10.3 Å². The lowest BCUT2D eigenvalue weighted by atomic mass is 10.3. The van der Waals surface area contributed by atoms with E-state index in [1.54, 1.807) is 0 Å². The Hall–Kier alpha value is -0.770. The quantitative estimate of drug-likeness (QED) is 0.653. The molecule has 4 heteroatoms. The van der Waals surface area contributed by atoms with Crippen molar-refractivity contribution in [3.63, 3.8) is 0 Å². The van der Waals surface area contributed by atoms with Crippen LogP contribution in [0.2, 0.25) is 0 Å². The van der Waals surface area contributed by atoms with Gasteiger partial charge in [0.25, 0.3) is 0 Å². The largest absolute Gasteiger partial charge is 0.293 e. The zero-order valence-electron chi connectivity index (χ0n) is 9.68. The van der Waals surface area contributed by atoms with E-state index in [0.717, 1.165) is 0 Å². The molecular weight excluding hydrogens is 196 g/mol. The topological polar surface area (TPSA) is 42.9 Å². The van der Waals surface area contributed by atoms with Gasteiger partial charge in [0.15, 0.2) is 5.78 Å². The van der Waals surface area contributed by atoms with Crippen LogP contribution >= 0.6 is 15.9 Å². The molecule has 0 spiro atoms. The van der Waals surface area contributed by atoms with E-state index < -0.39 is 24.5 Å². The van der Waals surface area contributed by atoms with Crippen LogP contribution in [0.1, 0.15) is 24.2 Å². The number of rotatable bonds is 1. The molecule has 0 saturated carbocycles. The Morgan fingerprint density at radius 3 is 3.30 bits per heavy atom. The van der Waals surface area contributed by atoms with Crippen LogP contribution in [0.4, 0.5) is 0 Å². The molecule has 0 saturated heterocycles. The van der Waals surface area contributed by atoms with Crippen molar-refractivity contribution in [1.29, 1.82) is 0 Å². The molecule has 0 aromatic carbocycles. The lowest BCUT2D eigenvalue weighted by Gasteiger charge is -1.91. The van der Waals surface area contributed by atoms with Crippen molar-refractivity contribution >= 4 is 21.7 Å². The highest BCUT2D eigenvalue weighted by molar-refractivity contribution is 9.10. The summed E-state index contributed by atoms with van der Waals surface area (Å²) in [5.41, 5.74) is -0.608. The van der Waals surface area contributed by atoms with Gasteiger partial charge < -0.3 is 0 Å². The Morgan fingerprint density at radius 1 is 1.80 bits per heavy atom. The Bertz CT molecular complexity index is 419. The van der Waals surface area contributed by atoms with E-state index in [1.807, 2.05) is 0 Å². The molecule has 0 aliphatic heterocycles. The van der Waals surface area contributed by atoms with Gasteiger partial charge >= 0.3 is 0 Å². The van der Waals surface area contributed by atoms with Crippen LogP contribution in [0.25, 0.3) is 0 Å². The molecule has 1 aromatic rings. The molecule has 0 radical (unpaired) electrons. The SMILES string of the molecule is [2H]c1nc(C(=O)C([2H])([2H])[2H])c([2H])nc1Br. The molecule has 0 atom stereocenters. The molecule has 0 aliphatic carbocycles. The van der Waals surface area contributed by atoms with E-state index in [1.165, 1.54) is 0 Å². The number of hydrogen-bond donors (Lipinski definition) is 0. The monoisotopic (exact) mass is 205 g/mol. The smallest absolute Gasteiger partial charge is 0.179 e. The molecule has 1 aromatic heterocycles. The van der Waals surface area contributed by atoms with Crippen LogP contribution < -0.4 is 0 Å². The second-order valence-corrected chi connectivity index (χ2v) is 2.17. The van der Waals surface area contributed by atoms with Gasteiger partial charge in [-0.2, -0.15) is 0 Å². The van der Waals surface area contributed by atoms with Crippen molar-refractivity contribution in [3.05, 3.63) is 22.6 Å². The number of halogens is 1. The Kier molecular flexibility index (Phi) is 0.888. The maximum Gasteiger partial charge on any atom is 0.179 e. The first-order valence-electron chi connectivity index (χ1n) is 4.79. The molecule has 1 heterocycles. The van der Waals surface area contributed by atoms with E-state index in [9.17, 15) is 4.79 Å². The minimum Gasteiger partial charge on any atom is -0.293 e. The fraction of sp³-hybridized carbons (Fsp3) is 0.167. The highest BCUT2D eigenvalue weighted by Gasteiger charge is 1.98. The van der Waals surface area contributed by atoms with Crippen LogP contribution in [0, 0.1) is 0 Å². The highest BCUT2D eigenvalue weighted by atomic mass is 79.9. The van der Waals surface area contributed by atoms with E-state index >= 15 is 0 Å². The van der Waals surface area contributed by atoms with Crippen LogP contribution in [0.3, 0.4) is 0 Å². The van der Waals surface area contributed by atoms with Crippen LogP contribution in [-0.2, 0) is 0 Å². The summed E-state index contributed by atoms with van der Waals surface area (Å²) >= 11 is 2.85. The first kappa shape index (κ1) is 3.09. The minimum atomic E-state index is -2.87. The maximum absolute atomic E-state index is 11.3. The van der Waals surface area contributed by atoms with Crippen LogP contribution in [0.15, 0.2) is 16.9 Å². The maximum atomic E-state index is 11.3. The average Bonchev–Trinajstić information content (AvgIpc) is 2.08. The summed E-state index contributed by atoms with van der Waals surface area (Å²) in [6.45, 7) is -2.87. The number of nitrogens with zero attached hydrogens (tertiary/aromatic N) is 2. The normalized spacial score (nSPS) is 17.9. The summed E-state index contributed by atoms with van der Waals surface area (Å²) in [6.07, 6.45) is -0.933. The van der Waals surface area contributed by atoms with Gasteiger partial charge in [-0.15, -0.1) is 0 Å². The van der Waals surface area contributed by atoms with Gasteiger partial charge in [0.2, 0.25) is 0 Å². The van der Waals surface area contributed by atoms with E-state index in [-0.39, 0.29) is 10.8 Å². The van der Waals surface area contributed by atoms with Crippen LogP contribution in [-0.4, -0.2) is 15.8 Å². The number of carbonyl (C=O) groups is 1. The number of Topliss-reactive ketones (excluding diaryl/α,β-unsaturated/α-hetero) is 1. The van der Waals surface area contributed by atoms with Crippen molar-refractivity contribution in [2.45, 2.75) is 6.85 Å². The van der Waals surface area contributed by atoms with Crippen molar-refractivity contribution in [3.8, 4) is 0 Å². The average molecular weight is 206 g/mol. The molecular formula is C6H5BrN2O. The van der Waals surface area contributed by atoms with Crippen molar-refractivity contribution in [2.75, 3.05) is 0 Å².